The number of piperidine rings is 1. The van der Waals surface area contributed by atoms with Crippen molar-refractivity contribution in [3.05, 3.63) is 70.1 Å². The average Bonchev–Trinajstić information content (AvgIpc) is 3.18. The Labute approximate surface area is 165 Å². The van der Waals surface area contributed by atoms with Crippen molar-refractivity contribution >= 4 is 5.91 Å². The van der Waals surface area contributed by atoms with E-state index in [0.29, 0.717) is 23.4 Å². The average molecular weight is 380 g/mol. The van der Waals surface area contributed by atoms with Gasteiger partial charge in [-0.1, -0.05) is 30.3 Å². The molecule has 1 amide bonds. The molecule has 0 spiro atoms. The van der Waals surface area contributed by atoms with E-state index >= 15 is 0 Å². The number of hydrogen-bond acceptors (Lipinski definition) is 4. The minimum Gasteiger partial charge on any atom is -0.338 e. The number of aromatic nitrogens is 1. The van der Waals surface area contributed by atoms with Crippen LogP contribution in [0.3, 0.4) is 0 Å². The van der Waals surface area contributed by atoms with Gasteiger partial charge in [0.15, 0.2) is 0 Å². The van der Waals surface area contributed by atoms with Crippen LogP contribution in [0.5, 0.6) is 0 Å². The second kappa shape index (κ2) is 8.29. The molecule has 28 heavy (non-hydrogen) atoms. The SMILES string of the molecule is Cn1ccc(C(=O)N2CCCC(C3NNCC3Cc3ccccc3)C2)cc1=O. The molecule has 1 aromatic heterocycles. The molecular formula is C22H28N4O2. The minimum atomic E-state index is -0.149. The van der Waals surface area contributed by atoms with Gasteiger partial charge in [0.2, 0.25) is 0 Å². The summed E-state index contributed by atoms with van der Waals surface area (Å²) in [5.41, 5.74) is 8.50. The van der Waals surface area contributed by atoms with Crippen molar-refractivity contribution in [3.8, 4) is 0 Å². The van der Waals surface area contributed by atoms with Crippen molar-refractivity contribution in [2.75, 3.05) is 19.6 Å². The minimum absolute atomic E-state index is 0.0343. The Morgan fingerprint density at radius 2 is 2.04 bits per heavy atom. The largest absolute Gasteiger partial charge is 0.338 e. The lowest BCUT2D eigenvalue weighted by atomic mass is 9.81. The maximum Gasteiger partial charge on any atom is 0.254 e. The van der Waals surface area contributed by atoms with Crippen LogP contribution in [-0.2, 0) is 13.5 Å². The molecule has 2 N–H and O–H groups in total. The molecule has 0 saturated carbocycles. The highest BCUT2D eigenvalue weighted by Crippen LogP contribution is 2.28. The predicted octanol–water partition coefficient (Wildman–Crippen LogP) is 1.57. The summed E-state index contributed by atoms with van der Waals surface area (Å²) in [6, 6.07) is 14.1. The maximum absolute atomic E-state index is 12.9. The lowest BCUT2D eigenvalue weighted by Crippen LogP contribution is -2.49. The summed E-state index contributed by atoms with van der Waals surface area (Å²) in [6.45, 7) is 2.44. The first-order chi connectivity index (χ1) is 13.6. The third-order valence-electron chi connectivity index (χ3n) is 6.09. The molecule has 3 heterocycles. The first-order valence-corrected chi connectivity index (χ1v) is 10.1. The van der Waals surface area contributed by atoms with Gasteiger partial charge in [-0.3, -0.25) is 20.4 Å². The summed E-state index contributed by atoms with van der Waals surface area (Å²) in [5, 5.41) is 0. The smallest absolute Gasteiger partial charge is 0.254 e. The normalized spacial score (nSPS) is 25.0. The lowest BCUT2D eigenvalue weighted by molar-refractivity contribution is 0.0634. The molecule has 2 aliphatic heterocycles. The van der Waals surface area contributed by atoms with Crippen LogP contribution in [0.4, 0.5) is 0 Å². The fraction of sp³-hybridized carbons (Fsp3) is 0.455. The van der Waals surface area contributed by atoms with Crippen LogP contribution in [0.2, 0.25) is 0 Å². The van der Waals surface area contributed by atoms with Crippen LogP contribution in [0.25, 0.3) is 0 Å². The topological polar surface area (TPSA) is 66.4 Å². The number of carbonyl (C=O) groups excluding carboxylic acids is 1. The third-order valence-corrected chi connectivity index (χ3v) is 6.09. The molecule has 4 rings (SSSR count). The van der Waals surface area contributed by atoms with Gasteiger partial charge in [-0.2, -0.15) is 0 Å². The Morgan fingerprint density at radius 1 is 1.21 bits per heavy atom. The van der Waals surface area contributed by atoms with E-state index in [2.05, 4.69) is 35.1 Å². The summed E-state index contributed by atoms with van der Waals surface area (Å²) in [6.07, 6.45) is 4.81. The van der Waals surface area contributed by atoms with Crippen LogP contribution in [0, 0.1) is 11.8 Å². The molecule has 3 atom stereocenters. The number of hydrazine groups is 1. The summed E-state index contributed by atoms with van der Waals surface area (Å²) in [7, 11) is 1.69. The zero-order valence-corrected chi connectivity index (χ0v) is 16.3. The standard InChI is InChI=1S/C22H28N4O2/c1-25-11-9-17(13-20(25)27)22(28)26-10-5-8-18(15-26)21-19(14-23-24-21)12-16-6-3-2-4-7-16/h2-4,6-7,9,11,13,18-19,21,23-24H,5,8,10,12,14-15H2,1H3. The van der Waals surface area contributed by atoms with Gasteiger partial charge in [0.25, 0.3) is 11.5 Å². The van der Waals surface area contributed by atoms with E-state index in [4.69, 9.17) is 0 Å². The van der Waals surface area contributed by atoms with Crippen molar-refractivity contribution in [2.24, 2.45) is 18.9 Å². The van der Waals surface area contributed by atoms with E-state index < -0.39 is 0 Å². The van der Waals surface area contributed by atoms with Gasteiger partial charge < -0.3 is 9.47 Å². The molecule has 2 aliphatic rings. The van der Waals surface area contributed by atoms with Crippen LogP contribution in [-0.4, -0.2) is 41.1 Å². The molecule has 3 unspecified atom stereocenters. The van der Waals surface area contributed by atoms with Gasteiger partial charge in [0, 0.05) is 50.6 Å². The Balaban J connectivity index is 1.44. The molecule has 1 aromatic carbocycles. The van der Waals surface area contributed by atoms with E-state index in [1.807, 2.05) is 11.0 Å². The molecule has 148 valence electrons. The molecule has 0 bridgehead atoms. The fourth-order valence-corrected chi connectivity index (χ4v) is 4.52. The second-order valence-corrected chi connectivity index (χ2v) is 8.02. The zero-order valence-electron chi connectivity index (χ0n) is 16.3. The highest BCUT2D eigenvalue weighted by Gasteiger charge is 2.37. The third kappa shape index (κ3) is 4.03. The van der Waals surface area contributed by atoms with Crippen molar-refractivity contribution in [1.82, 2.24) is 20.3 Å². The molecule has 2 aromatic rings. The molecule has 0 radical (unpaired) electrons. The van der Waals surface area contributed by atoms with Gasteiger partial charge >= 0.3 is 0 Å². The van der Waals surface area contributed by atoms with Crippen LogP contribution in [0.15, 0.2) is 53.5 Å². The molecular weight excluding hydrogens is 352 g/mol. The Kier molecular flexibility index (Phi) is 5.59. The quantitative estimate of drug-likeness (QED) is 0.845. The fourth-order valence-electron chi connectivity index (χ4n) is 4.52. The summed E-state index contributed by atoms with van der Waals surface area (Å²) in [4.78, 5) is 26.7. The number of pyridine rings is 1. The number of nitrogens with zero attached hydrogens (tertiary/aromatic N) is 2. The number of amides is 1. The maximum atomic E-state index is 12.9. The Hall–Kier alpha value is -2.44. The molecule has 6 heteroatoms. The first-order valence-electron chi connectivity index (χ1n) is 10.1. The molecule has 0 aliphatic carbocycles. The first kappa shape index (κ1) is 18.9. The number of benzene rings is 1. The van der Waals surface area contributed by atoms with Crippen molar-refractivity contribution in [2.45, 2.75) is 25.3 Å². The molecule has 2 fully saturated rings. The lowest BCUT2D eigenvalue weighted by Gasteiger charge is -2.37. The number of rotatable bonds is 4. The summed E-state index contributed by atoms with van der Waals surface area (Å²) >= 11 is 0. The van der Waals surface area contributed by atoms with Gasteiger partial charge in [-0.15, -0.1) is 0 Å². The number of nitrogens with one attached hydrogen (secondary N) is 2. The number of hydrogen-bond donors (Lipinski definition) is 2. The van der Waals surface area contributed by atoms with Crippen molar-refractivity contribution < 1.29 is 4.79 Å². The van der Waals surface area contributed by atoms with Gasteiger partial charge in [0.05, 0.1) is 0 Å². The second-order valence-electron chi connectivity index (χ2n) is 8.02. The van der Waals surface area contributed by atoms with Gasteiger partial charge in [-0.05, 0) is 42.7 Å². The van der Waals surface area contributed by atoms with Gasteiger partial charge in [-0.25, -0.2) is 0 Å². The highest BCUT2D eigenvalue weighted by molar-refractivity contribution is 5.94. The van der Waals surface area contributed by atoms with E-state index in [-0.39, 0.29) is 11.5 Å². The summed E-state index contributed by atoms with van der Waals surface area (Å²) < 4.78 is 1.48. The van der Waals surface area contributed by atoms with E-state index in [9.17, 15) is 9.59 Å². The predicted molar refractivity (Wildman–Crippen MR) is 109 cm³/mol. The van der Waals surface area contributed by atoms with E-state index in [1.54, 1.807) is 19.3 Å². The Bertz CT molecular complexity index is 880. The number of carbonyl (C=O) groups is 1. The summed E-state index contributed by atoms with van der Waals surface area (Å²) in [5.74, 6) is 0.882. The van der Waals surface area contributed by atoms with E-state index in [0.717, 1.165) is 38.9 Å². The molecule has 2 saturated heterocycles. The van der Waals surface area contributed by atoms with Crippen molar-refractivity contribution in [1.29, 1.82) is 0 Å². The number of aryl methyl sites for hydroxylation is 1. The van der Waals surface area contributed by atoms with Crippen molar-refractivity contribution in [3.63, 3.8) is 0 Å². The number of likely N-dealkylation sites (tertiary alicyclic amines) is 1. The monoisotopic (exact) mass is 380 g/mol. The highest BCUT2D eigenvalue weighted by atomic mass is 16.2. The van der Waals surface area contributed by atoms with Crippen LogP contribution in [0.1, 0.15) is 28.8 Å². The Morgan fingerprint density at radius 3 is 2.82 bits per heavy atom. The van der Waals surface area contributed by atoms with Crippen LogP contribution < -0.4 is 16.4 Å². The van der Waals surface area contributed by atoms with Crippen LogP contribution >= 0.6 is 0 Å². The zero-order chi connectivity index (χ0) is 19.5. The molecule has 6 nitrogen and oxygen atoms in total. The van der Waals surface area contributed by atoms with Gasteiger partial charge in [0.1, 0.15) is 0 Å². The van der Waals surface area contributed by atoms with E-state index in [1.165, 1.54) is 16.2 Å².